The number of nitrogens with one attached hydrogen (secondary N) is 1. The van der Waals surface area contributed by atoms with E-state index in [-0.39, 0.29) is 6.04 Å². The highest BCUT2D eigenvalue weighted by molar-refractivity contribution is 5.56. The molecule has 0 aliphatic heterocycles. The molecule has 0 radical (unpaired) electrons. The number of hydrogen-bond acceptors (Lipinski definition) is 6. The first kappa shape index (κ1) is 17.6. The number of hydrogen-bond donors (Lipinski definition) is 2. The van der Waals surface area contributed by atoms with Crippen LogP contribution in [-0.4, -0.2) is 60.0 Å². The highest BCUT2D eigenvalue weighted by Crippen LogP contribution is 2.41. The molecule has 21 heavy (non-hydrogen) atoms. The molecule has 1 rings (SSSR count). The van der Waals surface area contributed by atoms with Crippen LogP contribution in [0.2, 0.25) is 0 Å². The Morgan fingerprint density at radius 2 is 1.76 bits per heavy atom. The average molecular weight is 297 g/mol. The molecule has 6 heteroatoms. The van der Waals surface area contributed by atoms with Crippen molar-refractivity contribution in [2.45, 2.75) is 6.04 Å². The van der Waals surface area contributed by atoms with Gasteiger partial charge in [-0.15, -0.1) is 0 Å². The van der Waals surface area contributed by atoms with Gasteiger partial charge in [0.15, 0.2) is 11.5 Å². The SMILES string of the molecule is COc1ccc(C(CN)NCCN(C)C)c(OC)c1OC. The Labute approximate surface area is 127 Å². The Kier molecular flexibility index (Phi) is 7.28. The first-order chi connectivity index (χ1) is 10.1. The molecule has 0 aromatic heterocycles. The van der Waals surface area contributed by atoms with Gasteiger partial charge in [-0.05, 0) is 26.2 Å². The van der Waals surface area contributed by atoms with Crippen LogP contribution in [0.4, 0.5) is 0 Å². The number of nitrogens with two attached hydrogens (primary N) is 1. The highest BCUT2D eigenvalue weighted by atomic mass is 16.5. The lowest BCUT2D eigenvalue weighted by Crippen LogP contribution is -2.33. The molecule has 1 atom stereocenters. The maximum absolute atomic E-state index is 5.90. The maximum Gasteiger partial charge on any atom is 0.203 e. The Balaban J connectivity index is 3.03. The summed E-state index contributed by atoms with van der Waals surface area (Å²) < 4.78 is 16.2. The molecule has 0 aliphatic carbocycles. The predicted molar refractivity (Wildman–Crippen MR) is 84.5 cm³/mol. The number of rotatable bonds is 9. The van der Waals surface area contributed by atoms with E-state index in [0.717, 1.165) is 18.7 Å². The lowest BCUT2D eigenvalue weighted by Gasteiger charge is -2.23. The highest BCUT2D eigenvalue weighted by Gasteiger charge is 2.21. The molecule has 1 unspecified atom stereocenters. The molecule has 0 bridgehead atoms. The summed E-state index contributed by atoms with van der Waals surface area (Å²) in [5.74, 6) is 1.89. The summed E-state index contributed by atoms with van der Waals surface area (Å²) in [6.07, 6.45) is 0. The van der Waals surface area contributed by atoms with E-state index in [0.29, 0.717) is 23.8 Å². The molecule has 6 nitrogen and oxygen atoms in total. The molecule has 120 valence electrons. The number of benzene rings is 1. The van der Waals surface area contributed by atoms with Crippen molar-refractivity contribution in [2.24, 2.45) is 5.73 Å². The van der Waals surface area contributed by atoms with E-state index >= 15 is 0 Å². The predicted octanol–water partition coefficient (Wildman–Crippen LogP) is 0.863. The van der Waals surface area contributed by atoms with Gasteiger partial charge in [0.1, 0.15) is 0 Å². The van der Waals surface area contributed by atoms with Gasteiger partial charge in [-0.3, -0.25) is 0 Å². The molecule has 1 aromatic rings. The van der Waals surface area contributed by atoms with Crippen molar-refractivity contribution in [3.8, 4) is 17.2 Å². The monoisotopic (exact) mass is 297 g/mol. The quantitative estimate of drug-likeness (QED) is 0.705. The molecular formula is C15H27N3O3. The normalized spacial score (nSPS) is 12.3. The Hall–Kier alpha value is -1.50. The minimum absolute atomic E-state index is 0.000272. The van der Waals surface area contributed by atoms with Crippen molar-refractivity contribution in [1.29, 1.82) is 0 Å². The fourth-order valence-corrected chi connectivity index (χ4v) is 2.18. The van der Waals surface area contributed by atoms with Crippen molar-refractivity contribution >= 4 is 0 Å². The molecule has 1 aromatic carbocycles. The molecule has 3 N–H and O–H groups in total. The third-order valence-corrected chi connectivity index (χ3v) is 3.30. The van der Waals surface area contributed by atoms with Crippen LogP contribution in [0.5, 0.6) is 17.2 Å². The zero-order valence-corrected chi connectivity index (χ0v) is 13.6. The fourth-order valence-electron chi connectivity index (χ4n) is 2.18. The minimum Gasteiger partial charge on any atom is -0.493 e. The van der Waals surface area contributed by atoms with Gasteiger partial charge in [0.2, 0.25) is 5.75 Å². The molecule has 0 saturated heterocycles. The van der Waals surface area contributed by atoms with Crippen LogP contribution in [0.3, 0.4) is 0 Å². The second kappa shape index (κ2) is 8.71. The third kappa shape index (κ3) is 4.49. The zero-order chi connectivity index (χ0) is 15.8. The van der Waals surface area contributed by atoms with Crippen molar-refractivity contribution in [2.75, 3.05) is 55.1 Å². The number of likely N-dealkylation sites (N-methyl/N-ethyl adjacent to an activating group) is 1. The van der Waals surface area contributed by atoms with Crippen LogP contribution in [0, 0.1) is 0 Å². The van der Waals surface area contributed by atoms with Gasteiger partial charge < -0.3 is 30.2 Å². The van der Waals surface area contributed by atoms with Crippen molar-refractivity contribution < 1.29 is 14.2 Å². The molecule has 0 aliphatic rings. The molecule has 0 amide bonds. The van der Waals surface area contributed by atoms with E-state index in [1.165, 1.54) is 0 Å². The summed E-state index contributed by atoms with van der Waals surface area (Å²) in [6.45, 7) is 2.25. The lowest BCUT2D eigenvalue weighted by atomic mass is 10.0. The van der Waals surface area contributed by atoms with Gasteiger partial charge in [0.05, 0.1) is 21.3 Å². The van der Waals surface area contributed by atoms with E-state index in [2.05, 4.69) is 10.2 Å². The fraction of sp³-hybridized carbons (Fsp3) is 0.600. The van der Waals surface area contributed by atoms with Crippen molar-refractivity contribution in [3.63, 3.8) is 0 Å². The van der Waals surface area contributed by atoms with E-state index in [4.69, 9.17) is 19.9 Å². The second-order valence-electron chi connectivity index (χ2n) is 4.97. The summed E-state index contributed by atoms with van der Waals surface area (Å²) in [4.78, 5) is 2.12. The molecule has 0 fully saturated rings. The van der Waals surface area contributed by atoms with E-state index < -0.39 is 0 Å². The average Bonchev–Trinajstić information content (AvgIpc) is 2.49. The van der Waals surface area contributed by atoms with Crippen LogP contribution >= 0.6 is 0 Å². The van der Waals surface area contributed by atoms with Gasteiger partial charge in [-0.2, -0.15) is 0 Å². The number of methoxy groups -OCH3 is 3. The molecule has 0 spiro atoms. The van der Waals surface area contributed by atoms with Gasteiger partial charge in [0.25, 0.3) is 0 Å². The van der Waals surface area contributed by atoms with Crippen molar-refractivity contribution in [3.05, 3.63) is 17.7 Å². The Morgan fingerprint density at radius 1 is 1.10 bits per heavy atom. The number of ether oxygens (including phenoxy) is 3. The summed E-state index contributed by atoms with van der Waals surface area (Å²) in [5, 5.41) is 3.44. The van der Waals surface area contributed by atoms with E-state index in [1.54, 1.807) is 21.3 Å². The number of nitrogens with zero attached hydrogens (tertiary/aromatic N) is 1. The lowest BCUT2D eigenvalue weighted by molar-refractivity contribution is 0.318. The summed E-state index contributed by atoms with van der Waals surface area (Å²) in [7, 11) is 8.90. The molecule has 0 saturated carbocycles. The van der Waals surface area contributed by atoms with Gasteiger partial charge in [-0.25, -0.2) is 0 Å². The van der Waals surface area contributed by atoms with Gasteiger partial charge in [0, 0.05) is 31.2 Å². The Bertz CT molecular complexity index is 438. The Morgan fingerprint density at radius 3 is 2.24 bits per heavy atom. The largest absolute Gasteiger partial charge is 0.493 e. The summed E-state index contributed by atoms with van der Waals surface area (Å²) in [6, 6.07) is 3.83. The minimum atomic E-state index is -0.000272. The standard InChI is InChI=1S/C15H27N3O3/c1-18(2)9-8-17-12(10-16)11-6-7-13(19-3)15(21-5)14(11)20-4/h6-7,12,17H,8-10,16H2,1-5H3. The maximum atomic E-state index is 5.90. The van der Waals surface area contributed by atoms with Crippen LogP contribution < -0.4 is 25.3 Å². The van der Waals surface area contributed by atoms with Crippen LogP contribution in [0.15, 0.2) is 12.1 Å². The molecule has 0 heterocycles. The third-order valence-electron chi connectivity index (χ3n) is 3.30. The van der Waals surface area contributed by atoms with Gasteiger partial charge >= 0.3 is 0 Å². The van der Waals surface area contributed by atoms with Crippen LogP contribution in [-0.2, 0) is 0 Å². The smallest absolute Gasteiger partial charge is 0.203 e. The second-order valence-corrected chi connectivity index (χ2v) is 4.97. The summed E-state index contributed by atoms with van der Waals surface area (Å²) >= 11 is 0. The summed E-state index contributed by atoms with van der Waals surface area (Å²) in [5.41, 5.74) is 6.87. The zero-order valence-electron chi connectivity index (χ0n) is 13.6. The van der Waals surface area contributed by atoms with E-state index in [9.17, 15) is 0 Å². The van der Waals surface area contributed by atoms with Crippen LogP contribution in [0.25, 0.3) is 0 Å². The van der Waals surface area contributed by atoms with E-state index in [1.807, 2.05) is 26.2 Å². The van der Waals surface area contributed by atoms with Crippen molar-refractivity contribution in [1.82, 2.24) is 10.2 Å². The first-order valence-corrected chi connectivity index (χ1v) is 6.96. The molecular weight excluding hydrogens is 270 g/mol. The first-order valence-electron chi connectivity index (χ1n) is 6.96. The topological polar surface area (TPSA) is 69.0 Å². The van der Waals surface area contributed by atoms with Crippen LogP contribution in [0.1, 0.15) is 11.6 Å². The van der Waals surface area contributed by atoms with Gasteiger partial charge in [-0.1, -0.05) is 0 Å².